The molecule has 3 aliphatic rings. The lowest BCUT2D eigenvalue weighted by atomic mass is 9.79. The molecule has 43 heavy (non-hydrogen) atoms. The van der Waals surface area contributed by atoms with E-state index in [1.54, 1.807) is 26.7 Å². The number of carbonyl (C=O) groups is 3. The number of para-hydroxylation sites is 1. The molecule has 3 aliphatic heterocycles. The molecule has 0 radical (unpaired) electrons. The molecule has 2 aromatic carbocycles. The fraction of sp³-hybridized carbons (Fsp3) is 0.424. The van der Waals surface area contributed by atoms with Crippen molar-refractivity contribution in [2.24, 2.45) is 5.92 Å². The largest absolute Gasteiger partial charge is 0.327 e. The van der Waals surface area contributed by atoms with Crippen LogP contribution in [0.5, 0.6) is 0 Å². The monoisotopic (exact) mass is 598 g/mol. The van der Waals surface area contributed by atoms with Crippen LogP contribution in [-0.4, -0.2) is 62.5 Å². The Hall–Kier alpha value is -4.16. The second kappa shape index (κ2) is 11.5. The minimum atomic E-state index is -0.987. The third kappa shape index (κ3) is 5.18. The molecule has 4 heterocycles. The van der Waals surface area contributed by atoms with Gasteiger partial charge in [-0.3, -0.25) is 14.4 Å². The van der Waals surface area contributed by atoms with Crippen molar-refractivity contribution in [1.82, 2.24) is 19.6 Å². The second-order valence-electron chi connectivity index (χ2n) is 12.3. The third-order valence-electron chi connectivity index (χ3n) is 8.98. The summed E-state index contributed by atoms with van der Waals surface area (Å²) in [6, 6.07) is 14.0. The van der Waals surface area contributed by atoms with Gasteiger partial charge in [-0.25, -0.2) is 4.68 Å². The van der Waals surface area contributed by atoms with E-state index in [0.29, 0.717) is 29.2 Å². The zero-order valence-corrected chi connectivity index (χ0v) is 25.2. The molecular weight excluding hydrogens is 564 g/mol. The Kier molecular flexibility index (Phi) is 7.74. The number of nitrogens with zero attached hydrogens (tertiary/aromatic N) is 5. The molecule has 6 rings (SSSR count). The first-order valence-electron chi connectivity index (χ1n) is 15.0. The summed E-state index contributed by atoms with van der Waals surface area (Å²) in [5, 5.41) is 18.1. The molecule has 1 aromatic heterocycles. The van der Waals surface area contributed by atoms with Crippen molar-refractivity contribution in [1.29, 1.82) is 5.26 Å². The van der Waals surface area contributed by atoms with E-state index in [1.807, 2.05) is 44.2 Å². The number of hydrogen-bond acceptors (Lipinski definition) is 5. The highest BCUT2D eigenvalue weighted by Gasteiger charge is 2.57. The van der Waals surface area contributed by atoms with Crippen LogP contribution >= 0.6 is 11.6 Å². The van der Waals surface area contributed by atoms with Crippen molar-refractivity contribution >= 4 is 35.0 Å². The van der Waals surface area contributed by atoms with Gasteiger partial charge in [-0.2, -0.15) is 10.4 Å². The van der Waals surface area contributed by atoms with E-state index in [-0.39, 0.29) is 36.6 Å². The summed E-state index contributed by atoms with van der Waals surface area (Å²) in [7, 11) is 0. The van der Waals surface area contributed by atoms with Gasteiger partial charge in [-0.1, -0.05) is 56.1 Å². The number of benzene rings is 2. The summed E-state index contributed by atoms with van der Waals surface area (Å²) in [5.41, 5.74) is 2.75. The number of carbonyl (C=O) groups excluding carboxylic acids is 3. The minimum absolute atomic E-state index is 0.101. The Morgan fingerprint density at radius 1 is 1.19 bits per heavy atom. The quantitative estimate of drug-likeness (QED) is 0.448. The lowest BCUT2D eigenvalue weighted by Gasteiger charge is -2.35. The smallest absolute Gasteiger partial charge is 0.257 e. The first-order chi connectivity index (χ1) is 20.7. The zero-order valence-electron chi connectivity index (χ0n) is 24.4. The molecule has 9 nitrogen and oxygen atoms in total. The van der Waals surface area contributed by atoms with Gasteiger partial charge in [0.2, 0.25) is 11.8 Å². The number of rotatable bonds is 4. The van der Waals surface area contributed by atoms with Crippen LogP contribution < -0.4 is 5.32 Å². The van der Waals surface area contributed by atoms with Crippen LogP contribution in [0.4, 0.5) is 5.69 Å². The van der Waals surface area contributed by atoms with Crippen molar-refractivity contribution < 1.29 is 14.4 Å². The van der Waals surface area contributed by atoms with E-state index in [9.17, 15) is 19.6 Å². The van der Waals surface area contributed by atoms with Crippen LogP contribution in [0, 0.1) is 17.2 Å². The van der Waals surface area contributed by atoms with Crippen LogP contribution in [0.1, 0.15) is 67.4 Å². The highest BCUT2D eigenvalue weighted by atomic mass is 35.5. The number of aryl methyl sites for hydroxylation is 1. The van der Waals surface area contributed by atoms with Gasteiger partial charge in [0.1, 0.15) is 12.1 Å². The number of nitriles is 1. The van der Waals surface area contributed by atoms with E-state index in [4.69, 9.17) is 11.6 Å². The Morgan fingerprint density at radius 3 is 2.77 bits per heavy atom. The summed E-state index contributed by atoms with van der Waals surface area (Å²) in [6.07, 6.45) is 7.16. The van der Waals surface area contributed by atoms with E-state index in [2.05, 4.69) is 22.6 Å². The van der Waals surface area contributed by atoms with Crippen molar-refractivity contribution in [2.45, 2.75) is 69.9 Å². The average molecular weight is 599 g/mol. The number of halogens is 1. The number of hydrogen-bond donors (Lipinski definition) is 1. The third-order valence-corrected chi connectivity index (χ3v) is 9.30. The molecule has 0 unspecified atom stereocenters. The highest BCUT2D eigenvalue weighted by Crippen LogP contribution is 2.47. The Balaban J connectivity index is 1.39. The normalized spacial score (nSPS) is 23.7. The lowest BCUT2D eigenvalue weighted by molar-refractivity contribution is -0.137. The minimum Gasteiger partial charge on any atom is -0.327 e. The van der Waals surface area contributed by atoms with Crippen molar-refractivity contribution in [3.63, 3.8) is 0 Å². The molecule has 3 atom stereocenters. The molecule has 1 N–H and O–H groups in total. The maximum absolute atomic E-state index is 14.5. The van der Waals surface area contributed by atoms with Gasteiger partial charge < -0.3 is 15.1 Å². The van der Waals surface area contributed by atoms with Crippen LogP contribution in [0.3, 0.4) is 0 Å². The van der Waals surface area contributed by atoms with Crippen molar-refractivity contribution in [2.75, 3.05) is 18.4 Å². The topological polar surface area (TPSA) is 111 Å². The number of amides is 3. The molecule has 3 amide bonds. The van der Waals surface area contributed by atoms with Crippen molar-refractivity contribution in [3.8, 4) is 11.8 Å². The maximum atomic E-state index is 14.5. The summed E-state index contributed by atoms with van der Waals surface area (Å²) >= 11 is 6.39. The first-order valence-corrected chi connectivity index (χ1v) is 15.3. The second-order valence-corrected chi connectivity index (χ2v) is 12.7. The summed E-state index contributed by atoms with van der Waals surface area (Å²) in [6.45, 7) is 4.53. The molecular formula is C33H35ClN6O3. The lowest BCUT2D eigenvalue weighted by Crippen LogP contribution is -2.53. The standard InChI is InChI=1S/C33H35ClN6O3/c1-21(2)14-29-31(42)39-20-33(16-24(39)17-35)25-15-22(11-12-27(25)37-32(33)43)8-4-3-7-13-38(29)30(41)23-18-36-40(19-23)28-10-6-5-9-26(28)34/h5-6,9-12,15,18-19,21,24,29H,3-4,7-8,13-14,16,20H2,1-2H3,(H,37,43)/t24-,29-,33-/m0/s1. The van der Waals surface area contributed by atoms with Gasteiger partial charge in [0.05, 0.1) is 34.0 Å². The molecule has 1 spiro atoms. The van der Waals surface area contributed by atoms with Gasteiger partial charge in [0.15, 0.2) is 0 Å². The van der Waals surface area contributed by atoms with E-state index in [0.717, 1.165) is 42.5 Å². The summed E-state index contributed by atoms with van der Waals surface area (Å²) in [4.78, 5) is 45.4. The Labute approximate surface area is 256 Å². The molecule has 10 heteroatoms. The van der Waals surface area contributed by atoms with Crippen LogP contribution in [-0.2, 0) is 21.4 Å². The number of nitrogens with one attached hydrogen (secondary N) is 1. The molecule has 1 saturated heterocycles. The molecule has 0 aliphatic carbocycles. The van der Waals surface area contributed by atoms with Gasteiger partial charge in [-0.05, 0) is 60.9 Å². The fourth-order valence-corrected chi connectivity index (χ4v) is 7.01. The summed E-state index contributed by atoms with van der Waals surface area (Å²) < 4.78 is 1.57. The van der Waals surface area contributed by atoms with E-state index < -0.39 is 17.5 Å². The highest BCUT2D eigenvalue weighted by molar-refractivity contribution is 6.32. The fourth-order valence-electron chi connectivity index (χ4n) is 6.78. The van der Waals surface area contributed by atoms with Gasteiger partial charge >= 0.3 is 0 Å². The molecule has 222 valence electrons. The van der Waals surface area contributed by atoms with Gasteiger partial charge in [0.25, 0.3) is 5.91 Å². The predicted molar refractivity (Wildman–Crippen MR) is 163 cm³/mol. The average Bonchev–Trinajstić information content (AvgIpc) is 3.70. The van der Waals surface area contributed by atoms with Crippen LogP contribution in [0.25, 0.3) is 5.69 Å². The molecule has 4 bridgehead atoms. The summed E-state index contributed by atoms with van der Waals surface area (Å²) in [5.74, 6) is -0.664. The molecule has 0 saturated carbocycles. The predicted octanol–water partition coefficient (Wildman–Crippen LogP) is 5.12. The van der Waals surface area contributed by atoms with Gasteiger partial charge in [-0.15, -0.1) is 0 Å². The Morgan fingerprint density at radius 2 is 2.00 bits per heavy atom. The maximum Gasteiger partial charge on any atom is 0.257 e. The van der Waals surface area contributed by atoms with Crippen molar-refractivity contribution in [3.05, 3.63) is 76.6 Å². The number of fused-ring (bicyclic) bond motifs is 2. The number of aromatic nitrogens is 2. The van der Waals surface area contributed by atoms with Gasteiger partial charge in [0, 0.05) is 31.4 Å². The zero-order chi connectivity index (χ0) is 30.3. The first kappa shape index (κ1) is 28.9. The van der Waals surface area contributed by atoms with Crippen LogP contribution in [0.2, 0.25) is 5.02 Å². The number of anilines is 1. The molecule has 3 aromatic rings. The molecule has 1 fully saturated rings. The SMILES string of the molecule is CC(C)C[C@H]1C(=O)N2C[C@]3(C[C@H]2C#N)C(=O)Nc2ccc(cc23)CCCCCN1C(=O)c1cnn(-c2ccccc2Cl)c1. The van der Waals surface area contributed by atoms with E-state index >= 15 is 0 Å². The van der Waals surface area contributed by atoms with Crippen LogP contribution in [0.15, 0.2) is 54.9 Å². The van der Waals surface area contributed by atoms with E-state index in [1.165, 1.54) is 6.20 Å². The Bertz CT molecular complexity index is 1630.